The molecule has 7 amide bonds. The van der Waals surface area contributed by atoms with Gasteiger partial charge in [0.2, 0.25) is 41.4 Å². The first-order valence-corrected chi connectivity index (χ1v) is 14.4. The number of likely N-dealkylation sites (tertiary alicyclic amines) is 2. The second-order valence-electron chi connectivity index (χ2n) is 10.9. The van der Waals surface area contributed by atoms with Gasteiger partial charge < -0.3 is 57.9 Å². The molecule has 2 rings (SSSR count). The van der Waals surface area contributed by atoms with Gasteiger partial charge in [0.05, 0.1) is 25.7 Å². The van der Waals surface area contributed by atoms with Crippen LogP contribution in [-0.4, -0.2) is 141 Å². The number of aliphatic carboxylic acids is 1. The molecule has 2 heterocycles. The summed E-state index contributed by atoms with van der Waals surface area (Å²) in [7, 11) is 0. The predicted molar refractivity (Wildman–Crippen MR) is 152 cm³/mol. The summed E-state index contributed by atoms with van der Waals surface area (Å²) in [5, 5.41) is 38.3. The largest absolute Gasteiger partial charge is 0.480 e. The summed E-state index contributed by atoms with van der Waals surface area (Å²) in [6.07, 6.45) is -1.03. The zero-order valence-corrected chi connectivity index (χ0v) is 25.1. The summed E-state index contributed by atoms with van der Waals surface area (Å²) >= 11 is 0. The number of carboxylic acid groups (broad SMARTS) is 1. The molecule has 252 valence electrons. The molecule has 0 radical (unpaired) electrons. The van der Waals surface area contributed by atoms with Crippen molar-refractivity contribution in [2.45, 2.75) is 88.3 Å². The molecular formula is C26H42N8O11. The van der Waals surface area contributed by atoms with Crippen molar-refractivity contribution in [1.82, 2.24) is 31.1 Å². The number of primary amides is 1. The van der Waals surface area contributed by atoms with Crippen LogP contribution in [0.15, 0.2) is 0 Å². The molecule has 2 fully saturated rings. The number of carboxylic acids is 1. The smallest absolute Gasteiger partial charge is 0.325 e. The van der Waals surface area contributed by atoms with Crippen LogP contribution in [0.3, 0.4) is 0 Å². The van der Waals surface area contributed by atoms with Crippen molar-refractivity contribution in [3.8, 4) is 0 Å². The van der Waals surface area contributed by atoms with Crippen LogP contribution in [0.25, 0.3) is 0 Å². The average molecular weight is 643 g/mol. The minimum Gasteiger partial charge on any atom is -0.480 e. The number of aliphatic hydroxyl groups excluding tert-OH is 2. The van der Waals surface area contributed by atoms with Crippen molar-refractivity contribution in [3.63, 3.8) is 0 Å². The van der Waals surface area contributed by atoms with Crippen molar-refractivity contribution >= 4 is 47.3 Å². The van der Waals surface area contributed by atoms with Gasteiger partial charge in [-0.05, 0) is 39.5 Å². The molecule has 0 aromatic rings. The summed E-state index contributed by atoms with van der Waals surface area (Å²) in [6, 6.07) is -8.03. The predicted octanol–water partition coefficient (Wildman–Crippen LogP) is -5.78. The van der Waals surface area contributed by atoms with Crippen LogP contribution in [0.1, 0.15) is 46.0 Å². The van der Waals surface area contributed by atoms with Gasteiger partial charge in [0.25, 0.3) is 0 Å². The fourth-order valence-corrected chi connectivity index (χ4v) is 5.12. The van der Waals surface area contributed by atoms with E-state index in [4.69, 9.17) is 16.6 Å². The van der Waals surface area contributed by atoms with E-state index >= 15 is 0 Å². The highest BCUT2D eigenvalue weighted by Gasteiger charge is 2.43. The lowest BCUT2D eigenvalue weighted by atomic mass is 10.1. The fourth-order valence-electron chi connectivity index (χ4n) is 5.12. The second-order valence-corrected chi connectivity index (χ2v) is 10.9. The molecule has 7 atom stereocenters. The molecule has 0 bridgehead atoms. The molecule has 0 spiro atoms. The van der Waals surface area contributed by atoms with Gasteiger partial charge in [0.15, 0.2) is 0 Å². The van der Waals surface area contributed by atoms with Crippen LogP contribution in [0.2, 0.25) is 0 Å². The number of nitrogens with two attached hydrogens (primary N) is 2. The highest BCUT2D eigenvalue weighted by atomic mass is 16.4. The number of nitrogens with zero attached hydrogens (tertiary/aromatic N) is 2. The summed E-state index contributed by atoms with van der Waals surface area (Å²) in [6.45, 7) is 1.42. The van der Waals surface area contributed by atoms with Gasteiger partial charge in [-0.15, -0.1) is 0 Å². The first kappa shape index (κ1) is 36.8. The van der Waals surface area contributed by atoms with Gasteiger partial charge in [-0.2, -0.15) is 0 Å². The van der Waals surface area contributed by atoms with Crippen molar-refractivity contribution in [2.75, 3.05) is 26.2 Å². The van der Waals surface area contributed by atoms with Crippen LogP contribution in [-0.2, 0) is 38.4 Å². The zero-order chi connectivity index (χ0) is 34.0. The Kier molecular flexibility index (Phi) is 13.6. The Morgan fingerprint density at radius 3 is 1.82 bits per heavy atom. The lowest BCUT2D eigenvalue weighted by molar-refractivity contribution is -0.146. The van der Waals surface area contributed by atoms with E-state index in [-0.39, 0.29) is 25.9 Å². The number of carbonyl (C=O) groups excluding carboxylic acids is 7. The number of hydrogen-bond donors (Lipinski definition) is 9. The lowest BCUT2D eigenvalue weighted by Crippen LogP contribution is -2.61. The van der Waals surface area contributed by atoms with Crippen LogP contribution in [0.5, 0.6) is 0 Å². The molecule has 2 aliphatic rings. The molecule has 0 saturated carbocycles. The third-order valence-electron chi connectivity index (χ3n) is 7.49. The van der Waals surface area contributed by atoms with Gasteiger partial charge in [0.1, 0.15) is 36.3 Å². The van der Waals surface area contributed by atoms with Crippen LogP contribution >= 0.6 is 0 Å². The first-order chi connectivity index (χ1) is 21.1. The van der Waals surface area contributed by atoms with Crippen molar-refractivity contribution in [1.29, 1.82) is 0 Å². The molecule has 19 heteroatoms. The second kappa shape index (κ2) is 16.6. The van der Waals surface area contributed by atoms with Gasteiger partial charge in [-0.25, -0.2) is 0 Å². The summed E-state index contributed by atoms with van der Waals surface area (Å²) in [5.41, 5.74) is 10.5. The Morgan fingerprint density at radius 2 is 1.36 bits per heavy atom. The summed E-state index contributed by atoms with van der Waals surface area (Å²) in [4.78, 5) is 102. The molecule has 11 N–H and O–H groups in total. The van der Waals surface area contributed by atoms with Gasteiger partial charge in [0, 0.05) is 13.1 Å². The number of aliphatic hydroxyl groups is 2. The monoisotopic (exact) mass is 642 g/mol. The van der Waals surface area contributed by atoms with E-state index in [2.05, 4.69) is 21.3 Å². The molecule has 0 aromatic carbocycles. The van der Waals surface area contributed by atoms with E-state index in [1.54, 1.807) is 0 Å². The third kappa shape index (κ3) is 9.82. The Labute approximate surface area is 258 Å². The molecule has 0 aromatic heterocycles. The number of amides is 7. The van der Waals surface area contributed by atoms with E-state index in [1.807, 2.05) is 0 Å². The Bertz CT molecular complexity index is 1170. The summed E-state index contributed by atoms with van der Waals surface area (Å²) < 4.78 is 0. The SMILES string of the molecule is C[C@H](NC(=O)[C@H](CC(N)=O)NC(=O)[C@@H]1CCCN1C(=O)[C@@H](NC(=O)[C@@H]1CCCN1C(=O)[C@H](CO)NC(=O)CN)[C@@H](C)O)C(=O)O. The number of rotatable bonds is 15. The van der Waals surface area contributed by atoms with E-state index in [1.165, 1.54) is 13.8 Å². The van der Waals surface area contributed by atoms with Crippen molar-refractivity contribution < 1.29 is 53.7 Å². The maximum absolute atomic E-state index is 13.6. The highest BCUT2D eigenvalue weighted by molar-refractivity contribution is 5.98. The quantitative estimate of drug-likeness (QED) is 0.0807. The van der Waals surface area contributed by atoms with Crippen LogP contribution in [0, 0.1) is 0 Å². The highest BCUT2D eigenvalue weighted by Crippen LogP contribution is 2.22. The number of nitrogens with one attached hydrogen (secondary N) is 4. The summed E-state index contributed by atoms with van der Waals surface area (Å²) in [5.74, 6) is -7.18. The van der Waals surface area contributed by atoms with E-state index in [0.29, 0.717) is 12.8 Å². The molecule has 0 aliphatic carbocycles. The maximum atomic E-state index is 13.6. The molecule has 0 unspecified atom stereocenters. The normalized spacial score (nSPS) is 21.1. The van der Waals surface area contributed by atoms with E-state index < -0.39 is 109 Å². The van der Waals surface area contributed by atoms with Gasteiger partial charge >= 0.3 is 5.97 Å². The van der Waals surface area contributed by atoms with Crippen molar-refractivity contribution in [3.05, 3.63) is 0 Å². The Morgan fingerprint density at radius 1 is 0.822 bits per heavy atom. The first-order valence-electron chi connectivity index (χ1n) is 14.4. The molecule has 19 nitrogen and oxygen atoms in total. The van der Waals surface area contributed by atoms with Crippen LogP contribution < -0.4 is 32.7 Å². The zero-order valence-electron chi connectivity index (χ0n) is 25.1. The fraction of sp³-hybridized carbons (Fsp3) is 0.692. The number of carbonyl (C=O) groups is 8. The minimum atomic E-state index is -1.55. The maximum Gasteiger partial charge on any atom is 0.325 e. The van der Waals surface area contributed by atoms with Crippen LogP contribution in [0.4, 0.5) is 0 Å². The van der Waals surface area contributed by atoms with E-state index in [9.17, 15) is 48.6 Å². The molecule has 2 saturated heterocycles. The minimum absolute atomic E-state index is 0.0474. The number of hydrogen-bond acceptors (Lipinski definition) is 11. The topological polar surface area (TPSA) is 304 Å². The van der Waals surface area contributed by atoms with E-state index in [0.717, 1.165) is 9.80 Å². The Hall–Kier alpha value is -4.36. The van der Waals surface area contributed by atoms with Crippen molar-refractivity contribution in [2.24, 2.45) is 11.5 Å². The molecular weight excluding hydrogens is 600 g/mol. The Balaban J connectivity index is 2.17. The average Bonchev–Trinajstić information content (AvgIpc) is 3.67. The third-order valence-corrected chi connectivity index (χ3v) is 7.49. The molecule has 45 heavy (non-hydrogen) atoms. The van der Waals surface area contributed by atoms with Gasteiger partial charge in [-0.3, -0.25) is 38.4 Å². The molecule has 2 aliphatic heterocycles. The van der Waals surface area contributed by atoms with Gasteiger partial charge in [-0.1, -0.05) is 0 Å². The lowest BCUT2D eigenvalue weighted by Gasteiger charge is -2.32. The standard InChI is InChI=1S/C26H42N8O11/c1-12(26(44)45)29-21(39)14(9-18(28)37)31-22(40)16-5-4-8-34(16)25(43)20(13(2)36)32-23(41)17-6-3-7-33(17)24(42)15(11-35)30-19(38)10-27/h12-17,20,35-36H,3-11,27H2,1-2H3,(H2,28,37)(H,29,39)(H,30,38)(H,31,40)(H,32,41)(H,44,45)/t12-,13+,14-,15-,16-,17-,20-/m0/s1.